The molecule has 1 atom stereocenters. The lowest BCUT2D eigenvalue weighted by Gasteiger charge is -2.24. The van der Waals surface area contributed by atoms with Gasteiger partial charge >= 0.3 is 18.0 Å². The van der Waals surface area contributed by atoms with E-state index in [1.807, 2.05) is 30.3 Å². The highest BCUT2D eigenvalue weighted by molar-refractivity contribution is 6.04. The van der Waals surface area contributed by atoms with Crippen molar-refractivity contribution in [1.29, 1.82) is 0 Å². The Bertz CT molecular complexity index is 1020. The normalized spacial score (nSPS) is 15.0. The number of ether oxygens (including phenoxy) is 3. The number of carbonyl (C=O) groups excluding carboxylic acids is 2. The zero-order chi connectivity index (χ0) is 23.8. The molecular weight excluding hydrogens is 434 g/mol. The summed E-state index contributed by atoms with van der Waals surface area (Å²) in [7, 11) is 0. The summed E-state index contributed by atoms with van der Waals surface area (Å²) in [5.41, 5.74) is 0.876. The van der Waals surface area contributed by atoms with Crippen LogP contribution in [0.15, 0.2) is 48.5 Å². The van der Waals surface area contributed by atoms with Crippen LogP contribution in [0.4, 0.5) is 4.79 Å². The Kier molecular flexibility index (Phi) is 7.85. The van der Waals surface area contributed by atoms with E-state index < -0.39 is 43.1 Å². The van der Waals surface area contributed by atoms with Crippen LogP contribution in [-0.2, 0) is 20.9 Å². The molecule has 0 aromatic heterocycles. The number of carbonyl (C=O) groups is 4. The number of carboxylic acids is 2. The molecule has 1 amide bonds. The average molecular weight is 457 g/mol. The molecule has 1 heterocycles. The minimum Gasteiger partial charge on any atom is -0.482 e. The van der Waals surface area contributed by atoms with E-state index in [4.69, 9.17) is 24.4 Å². The number of ketones is 1. The second-order valence-electron chi connectivity index (χ2n) is 7.28. The number of nitrogens with zero attached hydrogens (tertiary/aromatic N) is 1. The van der Waals surface area contributed by atoms with Gasteiger partial charge in [-0.1, -0.05) is 30.3 Å². The molecule has 0 radical (unpaired) electrons. The lowest BCUT2D eigenvalue weighted by atomic mass is 10.0. The molecule has 10 nitrogen and oxygen atoms in total. The summed E-state index contributed by atoms with van der Waals surface area (Å²) in [6.07, 6.45) is 0.390. The molecule has 174 valence electrons. The van der Waals surface area contributed by atoms with E-state index in [-0.39, 0.29) is 23.7 Å². The van der Waals surface area contributed by atoms with E-state index in [1.54, 1.807) is 0 Å². The van der Waals surface area contributed by atoms with E-state index in [2.05, 4.69) is 0 Å². The van der Waals surface area contributed by atoms with Gasteiger partial charge in [0, 0.05) is 12.6 Å². The Labute approximate surface area is 189 Å². The summed E-state index contributed by atoms with van der Waals surface area (Å²) < 4.78 is 15.7. The standard InChI is InChI=1S/C23H23NO9/c25-20(26)13-31-16-8-9-17(19(11-16)32-14-21(27)28)22(29)18-7-4-10-24(18)23(30)33-12-15-5-2-1-3-6-15/h1-3,5-6,8-9,11,18H,4,7,10,12-14H2,(H,25,26)(H,27,28)/t18-/m0/s1. The lowest BCUT2D eigenvalue weighted by Crippen LogP contribution is -2.41. The van der Waals surface area contributed by atoms with Crippen LogP contribution >= 0.6 is 0 Å². The van der Waals surface area contributed by atoms with Gasteiger partial charge < -0.3 is 24.4 Å². The number of hydrogen-bond acceptors (Lipinski definition) is 7. The average Bonchev–Trinajstić information content (AvgIpc) is 3.30. The number of amides is 1. The molecule has 2 aromatic rings. The van der Waals surface area contributed by atoms with Gasteiger partial charge in [0.15, 0.2) is 19.0 Å². The number of aliphatic carboxylic acids is 2. The van der Waals surface area contributed by atoms with Crippen molar-refractivity contribution < 1.29 is 43.6 Å². The molecule has 0 aliphatic carbocycles. The van der Waals surface area contributed by atoms with Crippen LogP contribution in [0, 0.1) is 0 Å². The molecule has 2 N–H and O–H groups in total. The number of carboxylic acid groups (broad SMARTS) is 2. The minimum absolute atomic E-state index is 0.0617. The van der Waals surface area contributed by atoms with Crippen molar-refractivity contribution in [2.45, 2.75) is 25.5 Å². The molecule has 0 spiro atoms. The molecule has 1 saturated heterocycles. The summed E-state index contributed by atoms with van der Waals surface area (Å²) in [6, 6.07) is 12.3. The molecule has 33 heavy (non-hydrogen) atoms. The van der Waals surface area contributed by atoms with E-state index in [0.717, 1.165) is 5.56 Å². The summed E-state index contributed by atoms with van der Waals surface area (Å²) >= 11 is 0. The van der Waals surface area contributed by atoms with Gasteiger partial charge in [0.25, 0.3) is 0 Å². The lowest BCUT2D eigenvalue weighted by molar-refractivity contribution is -0.140. The first-order valence-electron chi connectivity index (χ1n) is 10.2. The Morgan fingerprint density at radius 1 is 0.939 bits per heavy atom. The smallest absolute Gasteiger partial charge is 0.410 e. The molecule has 3 rings (SSSR count). The van der Waals surface area contributed by atoms with Crippen LogP contribution in [0.2, 0.25) is 0 Å². The van der Waals surface area contributed by atoms with E-state index >= 15 is 0 Å². The maximum absolute atomic E-state index is 13.3. The molecule has 1 aliphatic heterocycles. The summed E-state index contributed by atoms with van der Waals surface area (Å²) in [5.74, 6) is -2.86. The molecule has 1 fully saturated rings. The third-order valence-corrected chi connectivity index (χ3v) is 4.93. The third-order valence-electron chi connectivity index (χ3n) is 4.93. The van der Waals surface area contributed by atoms with E-state index in [0.29, 0.717) is 19.4 Å². The van der Waals surface area contributed by atoms with Crippen molar-refractivity contribution in [3.8, 4) is 11.5 Å². The zero-order valence-corrected chi connectivity index (χ0v) is 17.6. The minimum atomic E-state index is -1.25. The fourth-order valence-corrected chi connectivity index (χ4v) is 3.44. The summed E-state index contributed by atoms with van der Waals surface area (Å²) in [5, 5.41) is 17.7. The van der Waals surface area contributed by atoms with Crippen molar-refractivity contribution in [3.05, 3.63) is 59.7 Å². The molecule has 0 unspecified atom stereocenters. The Morgan fingerprint density at radius 3 is 2.33 bits per heavy atom. The van der Waals surface area contributed by atoms with E-state index in [9.17, 15) is 19.2 Å². The monoisotopic (exact) mass is 457 g/mol. The number of rotatable bonds is 10. The van der Waals surface area contributed by atoms with Gasteiger partial charge in [-0.05, 0) is 30.5 Å². The molecule has 0 bridgehead atoms. The maximum Gasteiger partial charge on any atom is 0.410 e. The van der Waals surface area contributed by atoms with Gasteiger partial charge in [-0.3, -0.25) is 9.69 Å². The largest absolute Gasteiger partial charge is 0.482 e. The number of Topliss-reactive ketones (excluding diaryl/α,β-unsaturated/α-hetero) is 1. The van der Waals surface area contributed by atoms with Crippen LogP contribution < -0.4 is 9.47 Å². The van der Waals surface area contributed by atoms with Crippen LogP contribution in [0.5, 0.6) is 11.5 Å². The molecule has 1 aliphatic rings. The maximum atomic E-state index is 13.3. The van der Waals surface area contributed by atoms with Crippen LogP contribution in [-0.4, -0.2) is 64.7 Å². The number of likely N-dealkylation sites (tertiary alicyclic amines) is 1. The SMILES string of the molecule is O=C(O)COc1ccc(C(=O)[C@@H]2CCCN2C(=O)OCc2ccccc2)c(OCC(=O)O)c1. The first kappa shape index (κ1) is 23.6. The van der Waals surface area contributed by atoms with Gasteiger partial charge in [0.1, 0.15) is 18.1 Å². The Balaban J connectivity index is 1.75. The topological polar surface area (TPSA) is 140 Å². The Morgan fingerprint density at radius 2 is 1.64 bits per heavy atom. The fourth-order valence-electron chi connectivity index (χ4n) is 3.44. The summed E-state index contributed by atoms with van der Waals surface area (Å²) in [4.78, 5) is 48.9. The molecule has 10 heteroatoms. The van der Waals surface area contributed by atoms with Crippen molar-refractivity contribution in [2.75, 3.05) is 19.8 Å². The van der Waals surface area contributed by atoms with Crippen molar-refractivity contribution >= 4 is 23.8 Å². The number of benzene rings is 2. The van der Waals surface area contributed by atoms with Gasteiger partial charge in [-0.2, -0.15) is 0 Å². The second kappa shape index (κ2) is 11.0. The first-order valence-corrected chi connectivity index (χ1v) is 10.2. The summed E-state index contributed by atoms with van der Waals surface area (Å²) in [6.45, 7) is -0.916. The molecule has 0 saturated carbocycles. The van der Waals surface area contributed by atoms with Gasteiger partial charge in [-0.25, -0.2) is 14.4 Å². The van der Waals surface area contributed by atoms with Gasteiger partial charge in [0.2, 0.25) is 0 Å². The predicted octanol–water partition coefficient (Wildman–Crippen LogP) is 2.60. The molecule has 2 aromatic carbocycles. The highest BCUT2D eigenvalue weighted by Gasteiger charge is 2.36. The predicted molar refractivity (Wildman–Crippen MR) is 113 cm³/mol. The van der Waals surface area contributed by atoms with Crippen molar-refractivity contribution in [2.24, 2.45) is 0 Å². The van der Waals surface area contributed by atoms with E-state index in [1.165, 1.54) is 23.1 Å². The quantitative estimate of drug-likeness (QED) is 0.515. The number of hydrogen-bond donors (Lipinski definition) is 2. The first-order chi connectivity index (χ1) is 15.8. The van der Waals surface area contributed by atoms with Crippen LogP contribution in [0.3, 0.4) is 0 Å². The molecular formula is C23H23NO9. The highest BCUT2D eigenvalue weighted by atomic mass is 16.6. The zero-order valence-electron chi connectivity index (χ0n) is 17.6. The Hall–Kier alpha value is -4.08. The van der Waals surface area contributed by atoms with Gasteiger partial charge in [0.05, 0.1) is 11.6 Å². The highest BCUT2D eigenvalue weighted by Crippen LogP contribution is 2.30. The van der Waals surface area contributed by atoms with Gasteiger partial charge in [-0.15, -0.1) is 0 Å². The van der Waals surface area contributed by atoms with Crippen molar-refractivity contribution in [3.63, 3.8) is 0 Å². The fraction of sp³-hybridized carbons (Fsp3) is 0.304. The third kappa shape index (κ3) is 6.45. The second-order valence-corrected chi connectivity index (χ2v) is 7.28. The van der Waals surface area contributed by atoms with Crippen molar-refractivity contribution in [1.82, 2.24) is 4.90 Å². The van der Waals surface area contributed by atoms with Crippen LogP contribution in [0.1, 0.15) is 28.8 Å². The van der Waals surface area contributed by atoms with Crippen LogP contribution in [0.25, 0.3) is 0 Å².